The number of hydrogen-bond acceptors (Lipinski definition) is 1. The van der Waals surface area contributed by atoms with Crippen LogP contribution in [-0.4, -0.2) is 12.6 Å². The maximum Gasteiger partial charge on any atom is 0.00702 e. The Balaban J connectivity index is 1.88. The quantitative estimate of drug-likeness (QED) is 0.818. The number of nitrogens with one attached hydrogen (secondary N) is 1. The summed E-state index contributed by atoms with van der Waals surface area (Å²) in [5, 5.41) is 3.62. The third-order valence-corrected chi connectivity index (χ3v) is 3.67. The SMILES string of the molecule is Cc1ccc(CCC2CCCCN2)c(C)c1. The standard InChI is InChI=1S/C15H23N/c1-12-6-7-14(13(2)11-12)8-9-15-5-3-4-10-16-15/h6-7,11,15-16H,3-5,8-10H2,1-2H3. The van der Waals surface area contributed by atoms with E-state index in [9.17, 15) is 0 Å². The Bertz CT molecular complexity index is 337. The van der Waals surface area contributed by atoms with Crippen molar-refractivity contribution in [2.75, 3.05) is 6.54 Å². The Hall–Kier alpha value is -0.820. The fourth-order valence-corrected chi connectivity index (χ4v) is 2.63. The number of hydrogen-bond donors (Lipinski definition) is 1. The van der Waals surface area contributed by atoms with Gasteiger partial charge in [0.1, 0.15) is 0 Å². The lowest BCUT2D eigenvalue weighted by atomic mass is 9.95. The monoisotopic (exact) mass is 217 g/mol. The number of piperidine rings is 1. The third kappa shape index (κ3) is 3.08. The van der Waals surface area contributed by atoms with Gasteiger partial charge < -0.3 is 5.32 Å². The van der Waals surface area contributed by atoms with Crippen LogP contribution in [0.15, 0.2) is 18.2 Å². The molecule has 1 saturated heterocycles. The molecule has 16 heavy (non-hydrogen) atoms. The zero-order valence-electron chi connectivity index (χ0n) is 10.6. The summed E-state index contributed by atoms with van der Waals surface area (Å²) in [6, 6.07) is 7.59. The second-order valence-corrected chi connectivity index (χ2v) is 5.12. The van der Waals surface area contributed by atoms with Crippen molar-refractivity contribution in [2.45, 2.75) is 52.0 Å². The summed E-state index contributed by atoms with van der Waals surface area (Å²) in [7, 11) is 0. The van der Waals surface area contributed by atoms with Gasteiger partial charge >= 0.3 is 0 Å². The minimum Gasteiger partial charge on any atom is -0.314 e. The van der Waals surface area contributed by atoms with E-state index in [1.807, 2.05) is 0 Å². The minimum atomic E-state index is 0.759. The smallest absolute Gasteiger partial charge is 0.00702 e. The first-order valence-corrected chi connectivity index (χ1v) is 6.55. The molecular weight excluding hydrogens is 194 g/mol. The molecule has 1 atom stereocenters. The lowest BCUT2D eigenvalue weighted by Gasteiger charge is -2.23. The van der Waals surface area contributed by atoms with Gasteiger partial charge in [0.2, 0.25) is 0 Å². The van der Waals surface area contributed by atoms with Gasteiger partial charge in [-0.1, -0.05) is 30.2 Å². The highest BCUT2D eigenvalue weighted by atomic mass is 14.9. The number of benzene rings is 1. The van der Waals surface area contributed by atoms with Crippen LogP contribution in [0.25, 0.3) is 0 Å². The maximum absolute atomic E-state index is 3.62. The van der Waals surface area contributed by atoms with E-state index in [1.165, 1.54) is 55.3 Å². The molecule has 1 N–H and O–H groups in total. The molecule has 1 heterocycles. The first kappa shape index (κ1) is 11.7. The largest absolute Gasteiger partial charge is 0.314 e. The number of aryl methyl sites for hydroxylation is 3. The van der Waals surface area contributed by atoms with Crippen molar-refractivity contribution in [1.82, 2.24) is 5.32 Å². The van der Waals surface area contributed by atoms with Gasteiger partial charge in [-0.3, -0.25) is 0 Å². The van der Waals surface area contributed by atoms with E-state index < -0.39 is 0 Å². The first-order chi connectivity index (χ1) is 7.75. The summed E-state index contributed by atoms with van der Waals surface area (Å²) in [6.07, 6.45) is 6.66. The fraction of sp³-hybridized carbons (Fsp3) is 0.600. The summed E-state index contributed by atoms with van der Waals surface area (Å²) < 4.78 is 0. The molecule has 2 rings (SSSR count). The van der Waals surface area contributed by atoms with Crippen LogP contribution in [0.5, 0.6) is 0 Å². The molecule has 1 aromatic carbocycles. The van der Waals surface area contributed by atoms with Crippen molar-refractivity contribution in [3.8, 4) is 0 Å². The average molecular weight is 217 g/mol. The van der Waals surface area contributed by atoms with Crippen LogP contribution in [0.4, 0.5) is 0 Å². The zero-order chi connectivity index (χ0) is 11.4. The fourth-order valence-electron chi connectivity index (χ4n) is 2.63. The minimum absolute atomic E-state index is 0.759. The van der Waals surface area contributed by atoms with Crippen molar-refractivity contribution in [2.24, 2.45) is 0 Å². The lowest BCUT2D eigenvalue weighted by molar-refractivity contribution is 0.382. The van der Waals surface area contributed by atoms with Crippen LogP contribution in [0.2, 0.25) is 0 Å². The van der Waals surface area contributed by atoms with Crippen molar-refractivity contribution in [3.63, 3.8) is 0 Å². The van der Waals surface area contributed by atoms with Crippen LogP contribution < -0.4 is 5.32 Å². The van der Waals surface area contributed by atoms with E-state index in [1.54, 1.807) is 0 Å². The van der Waals surface area contributed by atoms with Crippen molar-refractivity contribution in [1.29, 1.82) is 0 Å². The lowest BCUT2D eigenvalue weighted by Crippen LogP contribution is -2.34. The molecule has 0 aliphatic carbocycles. The average Bonchev–Trinajstić information content (AvgIpc) is 2.29. The van der Waals surface area contributed by atoms with Crippen LogP contribution >= 0.6 is 0 Å². The highest BCUT2D eigenvalue weighted by Gasteiger charge is 2.12. The molecule has 1 fully saturated rings. The van der Waals surface area contributed by atoms with Gasteiger partial charge in [-0.2, -0.15) is 0 Å². The third-order valence-electron chi connectivity index (χ3n) is 3.67. The molecule has 0 saturated carbocycles. The molecule has 0 amide bonds. The van der Waals surface area contributed by atoms with Crippen LogP contribution in [0.1, 0.15) is 42.4 Å². The zero-order valence-corrected chi connectivity index (χ0v) is 10.6. The Morgan fingerprint density at radius 3 is 2.81 bits per heavy atom. The Labute approximate surface area is 99.3 Å². The summed E-state index contributed by atoms with van der Waals surface area (Å²) >= 11 is 0. The van der Waals surface area contributed by atoms with E-state index in [2.05, 4.69) is 37.4 Å². The highest BCUT2D eigenvalue weighted by Crippen LogP contribution is 2.16. The van der Waals surface area contributed by atoms with Gasteiger partial charge in [-0.05, 0) is 57.2 Å². The molecule has 1 nitrogen and oxygen atoms in total. The van der Waals surface area contributed by atoms with E-state index in [0.717, 1.165) is 6.04 Å². The van der Waals surface area contributed by atoms with Crippen LogP contribution in [0.3, 0.4) is 0 Å². The van der Waals surface area contributed by atoms with E-state index in [4.69, 9.17) is 0 Å². The number of rotatable bonds is 3. The van der Waals surface area contributed by atoms with Crippen molar-refractivity contribution >= 4 is 0 Å². The topological polar surface area (TPSA) is 12.0 Å². The van der Waals surface area contributed by atoms with Crippen molar-refractivity contribution < 1.29 is 0 Å². The molecule has 0 bridgehead atoms. The van der Waals surface area contributed by atoms with Gasteiger partial charge in [-0.25, -0.2) is 0 Å². The van der Waals surface area contributed by atoms with Crippen LogP contribution in [-0.2, 0) is 6.42 Å². The van der Waals surface area contributed by atoms with Gasteiger partial charge in [0.25, 0.3) is 0 Å². The molecule has 1 aliphatic heterocycles. The summed E-state index contributed by atoms with van der Waals surface area (Å²) in [4.78, 5) is 0. The van der Waals surface area contributed by atoms with Gasteiger partial charge in [0.05, 0.1) is 0 Å². The summed E-state index contributed by atoms with van der Waals surface area (Å²) in [6.45, 7) is 5.62. The highest BCUT2D eigenvalue weighted by molar-refractivity contribution is 5.30. The van der Waals surface area contributed by atoms with Gasteiger partial charge in [0.15, 0.2) is 0 Å². The molecule has 1 unspecified atom stereocenters. The van der Waals surface area contributed by atoms with Gasteiger partial charge in [0, 0.05) is 6.04 Å². The Morgan fingerprint density at radius 2 is 2.12 bits per heavy atom. The Kier molecular flexibility index (Phi) is 4.00. The summed E-state index contributed by atoms with van der Waals surface area (Å²) in [5.41, 5.74) is 4.35. The molecule has 88 valence electrons. The second kappa shape index (κ2) is 5.49. The first-order valence-electron chi connectivity index (χ1n) is 6.55. The molecule has 1 heteroatoms. The molecule has 0 radical (unpaired) electrons. The molecule has 1 aliphatic rings. The van der Waals surface area contributed by atoms with Crippen LogP contribution in [0, 0.1) is 13.8 Å². The molecular formula is C15H23N. The Morgan fingerprint density at radius 1 is 1.25 bits per heavy atom. The van der Waals surface area contributed by atoms with E-state index in [-0.39, 0.29) is 0 Å². The van der Waals surface area contributed by atoms with E-state index >= 15 is 0 Å². The van der Waals surface area contributed by atoms with Crippen molar-refractivity contribution in [3.05, 3.63) is 34.9 Å². The normalized spacial score (nSPS) is 21.0. The van der Waals surface area contributed by atoms with Gasteiger partial charge in [-0.15, -0.1) is 0 Å². The predicted molar refractivity (Wildman–Crippen MR) is 69.9 cm³/mol. The second-order valence-electron chi connectivity index (χ2n) is 5.12. The maximum atomic E-state index is 3.62. The summed E-state index contributed by atoms with van der Waals surface area (Å²) in [5.74, 6) is 0. The molecule has 0 aromatic heterocycles. The molecule has 0 spiro atoms. The molecule has 1 aromatic rings. The predicted octanol–water partition coefficient (Wildman–Crippen LogP) is 3.38. The van der Waals surface area contributed by atoms with E-state index in [0.29, 0.717) is 0 Å².